The molecular formula is C21H19FN6O. The van der Waals surface area contributed by atoms with Gasteiger partial charge in [-0.2, -0.15) is 4.98 Å². The van der Waals surface area contributed by atoms with E-state index >= 15 is 0 Å². The van der Waals surface area contributed by atoms with E-state index < -0.39 is 0 Å². The Labute approximate surface area is 167 Å². The van der Waals surface area contributed by atoms with E-state index in [0.29, 0.717) is 18.1 Å². The molecule has 29 heavy (non-hydrogen) atoms. The maximum absolute atomic E-state index is 13.0. The quantitative estimate of drug-likeness (QED) is 0.515. The number of nitrogens with zero attached hydrogens (tertiary/aromatic N) is 5. The fourth-order valence-electron chi connectivity index (χ4n) is 2.89. The Bertz CT molecular complexity index is 1050. The molecule has 4 rings (SSSR count). The van der Waals surface area contributed by atoms with E-state index in [1.807, 2.05) is 12.1 Å². The van der Waals surface area contributed by atoms with Gasteiger partial charge in [0.25, 0.3) is 5.89 Å². The molecule has 3 aromatic heterocycles. The zero-order valence-electron chi connectivity index (χ0n) is 15.8. The monoisotopic (exact) mass is 390 g/mol. The summed E-state index contributed by atoms with van der Waals surface area (Å²) in [5.41, 5.74) is 2.56. The van der Waals surface area contributed by atoms with Crippen LogP contribution in [-0.4, -0.2) is 31.1 Å². The van der Waals surface area contributed by atoms with Crippen LogP contribution in [0.5, 0.6) is 0 Å². The number of anilines is 1. The standard InChI is InChI=1S/C21H19FN6O/c1-14(10-18-13-23-8-9-24-18)26-19-7-4-16(12-25-19)21-27-20(28-29-21)11-15-2-5-17(22)6-3-15/h2-9,12-14H,10-11H2,1H3,(H,25,26)/t14-/m0/s1. The third kappa shape index (κ3) is 4.98. The van der Waals surface area contributed by atoms with Crippen molar-refractivity contribution >= 4 is 5.82 Å². The van der Waals surface area contributed by atoms with Gasteiger partial charge >= 0.3 is 0 Å². The zero-order chi connectivity index (χ0) is 20.1. The Morgan fingerprint density at radius 1 is 1.03 bits per heavy atom. The summed E-state index contributed by atoms with van der Waals surface area (Å²) in [5.74, 6) is 1.41. The van der Waals surface area contributed by atoms with Crippen LogP contribution >= 0.6 is 0 Å². The van der Waals surface area contributed by atoms with Crippen molar-refractivity contribution in [3.05, 3.63) is 84.1 Å². The fraction of sp³-hybridized carbons (Fsp3) is 0.190. The van der Waals surface area contributed by atoms with Gasteiger partial charge in [-0.1, -0.05) is 17.3 Å². The summed E-state index contributed by atoms with van der Waals surface area (Å²) in [5, 5.41) is 7.33. The molecule has 0 saturated carbocycles. The maximum atomic E-state index is 13.0. The van der Waals surface area contributed by atoms with Crippen LogP contribution in [0.15, 0.2) is 65.7 Å². The van der Waals surface area contributed by atoms with Crippen LogP contribution in [0.3, 0.4) is 0 Å². The summed E-state index contributed by atoms with van der Waals surface area (Å²) in [7, 11) is 0. The van der Waals surface area contributed by atoms with Crippen LogP contribution in [0.1, 0.15) is 24.0 Å². The molecule has 1 atom stereocenters. The van der Waals surface area contributed by atoms with E-state index in [-0.39, 0.29) is 11.9 Å². The second-order valence-corrected chi connectivity index (χ2v) is 6.70. The molecule has 3 heterocycles. The Balaban J connectivity index is 1.37. The molecule has 0 radical (unpaired) electrons. The molecule has 1 aromatic carbocycles. The lowest BCUT2D eigenvalue weighted by molar-refractivity contribution is 0.424. The molecule has 0 amide bonds. The van der Waals surface area contributed by atoms with Crippen molar-refractivity contribution in [2.24, 2.45) is 0 Å². The molecule has 146 valence electrons. The van der Waals surface area contributed by atoms with Crippen molar-refractivity contribution in [1.29, 1.82) is 0 Å². The molecule has 0 bridgehead atoms. The van der Waals surface area contributed by atoms with Crippen molar-refractivity contribution in [2.45, 2.75) is 25.8 Å². The van der Waals surface area contributed by atoms with Crippen LogP contribution in [-0.2, 0) is 12.8 Å². The van der Waals surface area contributed by atoms with Gasteiger partial charge in [0.1, 0.15) is 11.6 Å². The van der Waals surface area contributed by atoms with E-state index in [9.17, 15) is 4.39 Å². The minimum atomic E-state index is -0.270. The molecule has 0 aliphatic rings. The van der Waals surface area contributed by atoms with Crippen molar-refractivity contribution in [3.8, 4) is 11.5 Å². The van der Waals surface area contributed by atoms with Gasteiger partial charge < -0.3 is 9.84 Å². The summed E-state index contributed by atoms with van der Waals surface area (Å²) < 4.78 is 18.3. The van der Waals surface area contributed by atoms with Crippen molar-refractivity contribution in [3.63, 3.8) is 0 Å². The summed E-state index contributed by atoms with van der Waals surface area (Å²) in [6, 6.07) is 10.1. The van der Waals surface area contributed by atoms with Gasteiger partial charge in [-0.05, 0) is 36.8 Å². The van der Waals surface area contributed by atoms with E-state index in [1.54, 1.807) is 36.9 Å². The van der Waals surface area contributed by atoms with Gasteiger partial charge in [0.2, 0.25) is 0 Å². The smallest absolute Gasteiger partial charge is 0.259 e. The average molecular weight is 390 g/mol. The summed E-state index contributed by atoms with van der Waals surface area (Å²) >= 11 is 0. The summed E-state index contributed by atoms with van der Waals surface area (Å²) in [6.07, 6.45) is 8.00. The third-order valence-corrected chi connectivity index (χ3v) is 4.28. The molecule has 1 N–H and O–H groups in total. The van der Waals surface area contributed by atoms with Crippen LogP contribution in [0.2, 0.25) is 0 Å². The molecule has 4 aromatic rings. The Hall–Kier alpha value is -3.68. The SMILES string of the molecule is C[C@@H](Cc1cnccn1)Nc1ccc(-c2nc(Cc3ccc(F)cc3)no2)cn1. The Morgan fingerprint density at radius 2 is 1.90 bits per heavy atom. The number of pyridine rings is 1. The van der Waals surface area contributed by atoms with Crippen molar-refractivity contribution < 1.29 is 8.91 Å². The predicted octanol–water partition coefficient (Wildman–Crippen LogP) is 3.69. The first kappa shape index (κ1) is 18.7. The molecule has 0 aliphatic heterocycles. The molecule has 0 spiro atoms. The summed E-state index contributed by atoms with van der Waals surface area (Å²) in [4.78, 5) is 17.2. The lowest BCUT2D eigenvalue weighted by atomic mass is 10.1. The van der Waals surface area contributed by atoms with Crippen LogP contribution in [0, 0.1) is 5.82 Å². The largest absolute Gasteiger partial charge is 0.367 e. The van der Waals surface area contributed by atoms with Gasteiger partial charge in [-0.3, -0.25) is 9.97 Å². The number of halogens is 1. The van der Waals surface area contributed by atoms with Crippen LogP contribution in [0.4, 0.5) is 10.2 Å². The summed E-state index contributed by atoms with van der Waals surface area (Å²) in [6.45, 7) is 2.06. The van der Waals surface area contributed by atoms with E-state index in [0.717, 1.165) is 29.1 Å². The van der Waals surface area contributed by atoms with E-state index in [2.05, 4.69) is 37.3 Å². The number of rotatable bonds is 7. The second kappa shape index (κ2) is 8.55. The normalized spacial score (nSPS) is 11.9. The van der Waals surface area contributed by atoms with E-state index in [4.69, 9.17) is 4.52 Å². The molecular weight excluding hydrogens is 371 g/mol. The molecule has 0 saturated heterocycles. The number of aromatic nitrogens is 5. The zero-order valence-corrected chi connectivity index (χ0v) is 15.8. The first-order valence-electron chi connectivity index (χ1n) is 9.20. The fourth-order valence-corrected chi connectivity index (χ4v) is 2.89. The van der Waals surface area contributed by atoms with Gasteiger partial charge in [0, 0.05) is 43.7 Å². The number of benzene rings is 1. The van der Waals surface area contributed by atoms with Gasteiger partial charge in [0.15, 0.2) is 5.82 Å². The highest BCUT2D eigenvalue weighted by Gasteiger charge is 2.11. The number of hydrogen-bond acceptors (Lipinski definition) is 7. The predicted molar refractivity (Wildman–Crippen MR) is 106 cm³/mol. The highest BCUT2D eigenvalue weighted by Crippen LogP contribution is 2.19. The van der Waals surface area contributed by atoms with Gasteiger partial charge in [-0.15, -0.1) is 0 Å². The molecule has 7 nitrogen and oxygen atoms in total. The maximum Gasteiger partial charge on any atom is 0.259 e. The highest BCUT2D eigenvalue weighted by molar-refractivity contribution is 5.54. The first-order valence-corrected chi connectivity index (χ1v) is 9.20. The lowest BCUT2D eigenvalue weighted by Crippen LogP contribution is -2.19. The van der Waals surface area contributed by atoms with Gasteiger partial charge in [-0.25, -0.2) is 9.37 Å². The number of nitrogens with one attached hydrogen (secondary N) is 1. The minimum absolute atomic E-state index is 0.149. The van der Waals surface area contributed by atoms with Crippen LogP contribution < -0.4 is 5.32 Å². The Morgan fingerprint density at radius 3 is 2.62 bits per heavy atom. The third-order valence-electron chi connectivity index (χ3n) is 4.28. The molecule has 8 heteroatoms. The lowest BCUT2D eigenvalue weighted by Gasteiger charge is -2.13. The van der Waals surface area contributed by atoms with E-state index in [1.165, 1.54) is 12.1 Å². The molecule has 0 aliphatic carbocycles. The second-order valence-electron chi connectivity index (χ2n) is 6.70. The average Bonchev–Trinajstić information content (AvgIpc) is 3.19. The van der Waals surface area contributed by atoms with Crippen molar-refractivity contribution in [2.75, 3.05) is 5.32 Å². The topological polar surface area (TPSA) is 89.6 Å². The highest BCUT2D eigenvalue weighted by atomic mass is 19.1. The number of hydrogen-bond donors (Lipinski definition) is 1. The molecule has 0 unspecified atom stereocenters. The van der Waals surface area contributed by atoms with Gasteiger partial charge in [0.05, 0.1) is 11.3 Å². The van der Waals surface area contributed by atoms with Crippen LogP contribution in [0.25, 0.3) is 11.5 Å². The minimum Gasteiger partial charge on any atom is -0.367 e. The first-order chi connectivity index (χ1) is 14.2. The van der Waals surface area contributed by atoms with Crippen molar-refractivity contribution in [1.82, 2.24) is 25.1 Å². The molecule has 0 fully saturated rings. The Kier molecular flexibility index (Phi) is 5.51.